The topological polar surface area (TPSA) is 76.7 Å². The van der Waals surface area contributed by atoms with Gasteiger partial charge in [0.2, 0.25) is 5.76 Å². The summed E-state index contributed by atoms with van der Waals surface area (Å²) < 4.78 is 11.4. The number of carbonyl (C=O) groups is 1. The molecule has 5 heteroatoms. The molecule has 1 N–H and O–H groups in total. The minimum Gasteiger partial charge on any atom is -0.492 e. The van der Waals surface area contributed by atoms with Crippen LogP contribution < -0.4 is 10.2 Å². The first-order valence-electron chi connectivity index (χ1n) is 8.37. The van der Waals surface area contributed by atoms with Crippen LogP contribution in [0.15, 0.2) is 21.3 Å². The predicted molar refractivity (Wildman–Crippen MR) is 93.1 cm³/mol. The van der Waals surface area contributed by atoms with Gasteiger partial charge in [-0.05, 0) is 42.4 Å². The molecule has 24 heavy (non-hydrogen) atoms. The molecule has 0 saturated carbocycles. The van der Waals surface area contributed by atoms with Crippen LogP contribution in [0.5, 0.6) is 5.75 Å². The Hall–Kier alpha value is -2.30. The predicted octanol–water partition coefficient (Wildman–Crippen LogP) is 4.04. The zero-order valence-electron chi connectivity index (χ0n) is 14.6. The number of hydrogen-bond donors (Lipinski definition) is 1. The highest BCUT2D eigenvalue weighted by Crippen LogP contribution is 2.32. The van der Waals surface area contributed by atoms with Gasteiger partial charge in [0.15, 0.2) is 5.43 Å². The monoisotopic (exact) mass is 332 g/mol. The molecule has 5 nitrogen and oxygen atoms in total. The second-order valence-electron chi connectivity index (χ2n) is 6.25. The number of aryl methyl sites for hydroxylation is 2. The average molecular weight is 332 g/mol. The van der Waals surface area contributed by atoms with Gasteiger partial charge in [0.05, 0.1) is 6.61 Å². The van der Waals surface area contributed by atoms with Crippen LogP contribution >= 0.6 is 0 Å². The summed E-state index contributed by atoms with van der Waals surface area (Å²) in [7, 11) is 0. The van der Waals surface area contributed by atoms with Crippen molar-refractivity contribution in [3.05, 3.63) is 39.2 Å². The first kappa shape index (κ1) is 18.0. The maximum absolute atomic E-state index is 12.6. The van der Waals surface area contributed by atoms with Crippen molar-refractivity contribution in [3.8, 4) is 5.75 Å². The van der Waals surface area contributed by atoms with Gasteiger partial charge in [-0.3, -0.25) is 4.79 Å². The van der Waals surface area contributed by atoms with Crippen molar-refractivity contribution >= 4 is 16.9 Å². The van der Waals surface area contributed by atoms with E-state index in [1.165, 1.54) is 0 Å². The summed E-state index contributed by atoms with van der Waals surface area (Å²) in [6.45, 7) is 8.67. The number of rotatable bonds is 7. The van der Waals surface area contributed by atoms with Crippen LogP contribution in [0.4, 0.5) is 0 Å². The molecule has 0 aliphatic heterocycles. The van der Waals surface area contributed by atoms with Crippen LogP contribution in [0, 0.1) is 5.92 Å². The smallest absolute Gasteiger partial charge is 0.371 e. The molecular formula is C19H24O5. The number of carboxylic acids is 1. The van der Waals surface area contributed by atoms with E-state index in [-0.39, 0.29) is 11.2 Å². The lowest BCUT2D eigenvalue weighted by Gasteiger charge is -2.16. The third-order valence-corrected chi connectivity index (χ3v) is 4.02. The molecule has 0 amide bonds. The molecule has 0 bridgehead atoms. The van der Waals surface area contributed by atoms with Crippen molar-refractivity contribution in [2.75, 3.05) is 6.61 Å². The second kappa shape index (κ2) is 7.51. The van der Waals surface area contributed by atoms with Gasteiger partial charge in [0.1, 0.15) is 16.7 Å². The number of ether oxygens (including phenoxy) is 1. The Bertz CT molecular complexity index is 801. The van der Waals surface area contributed by atoms with Crippen molar-refractivity contribution in [1.29, 1.82) is 0 Å². The second-order valence-corrected chi connectivity index (χ2v) is 6.25. The molecule has 0 atom stereocenters. The van der Waals surface area contributed by atoms with E-state index < -0.39 is 5.97 Å². The fourth-order valence-electron chi connectivity index (χ4n) is 2.63. The van der Waals surface area contributed by atoms with E-state index >= 15 is 0 Å². The molecule has 0 unspecified atom stereocenters. The Morgan fingerprint density at radius 1 is 1.21 bits per heavy atom. The number of aromatic carboxylic acids is 1. The van der Waals surface area contributed by atoms with Gasteiger partial charge in [-0.25, -0.2) is 4.79 Å². The summed E-state index contributed by atoms with van der Waals surface area (Å²) >= 11 is 0. The molecule has 130 valence electrons. The van der Waals surface area contributed by atoms with Gasteiger partial charge in [-0.2, -0.15) is 0 Å². The van der Waals surface area contributed by atoms with Gasteiger partial charge in [0, 0.05) is 6.07 Å². The quantitative estimate of drug-likeness (QED) is 0.828. The van der Waals surface area contributed by atoms with Gasteiger partial charge < -0.3 is 14.3 Å². The molecule has 1 aromatic heterocycles. The molecular weight excluding hydrogens is 308 g/mol. The van der Waals surface area contributed by atoms with E-state index in [0.29, 0.717) is 35.7 Å². The van der Waals surface area contributed by atoms with Crippen LogP contribution in [0.3, 0.4) is 0 Å². The highest BCUT2D eigenvalue weighted by molar-refractivity contribution is 5.91. The molecule has 0 saturated heterocycles. The fraction of sp³-hybridized carbons (Fsp3) is 0.474. The van der Waals surface area contributed by atoms with Crippen molar-refractivity contribution in [2.45, 2.75) is 47.0 Å². The van der Waals surface area contributed by atoms with Crippen molar-refractivity contribution in [3.63, 3.8) is 0 Å². The largest absolute Gasteiger partial charge is 0.492 e. The third kappa shape index (κ3) is 3.61. The van der Waals surface area contributed by atoms with Gasteiger partial charge in [0.25, 0.3) is 0 Å². The minimum atomic E-state index is -1.25. The van der Waals surface area contributed by atoms with E-state index in [1.807, 2.05) is 19.9 Å². The molecule has 0 fully saturated rings. The average Bonchev–Trinajstić information content (AvgIpc) is 2.53. The summed E-state index contributed by atoms with van der Waals surface area (Å²) in [5.41, 5.74) is 1.70. The van der Waals surface area contributed by atoms with Crippen LogP contribution in [-0.2, 0) is 12.8 Å². The molecule has 0 spiro atoms. The first-order valence-corrected chi connectivity index (χ1v) is 8.37. The molecule has 0 radical (unpaired) electrons. The molecule has 0 aliphatic carbocycles. The normalized spacial score (nSPS) is 11.2. The summed E-state index contributed by atoms with van der Waals surface area (Å²) in [5, 5.41) is 9.49. The van der Waals surface area contributed by atoms with Crippen LogP contribution in [-0.4, -0.2) is 17.7 Å². The lowest BCUT2D eigenvalue weighted by molar-refractivity contribution is 0.0663. The van der Waals surface area contributed by atoms with Gasteiger partial charge in [-0.15, -0.1) is 0 Å². The Kier molecular flexibility index (Phi) is 5.65. The maximum Gasteiger partial charge on any atom is 0.371 e. The highest BCUT2D eigenvalue weighted by atomic mass is 16.5. The molecule has 1 heterocycles. The third-order valence-electron chi connectivity index (χ3n) is 4.02. The maximum atomic E-state index is 12.6. The zero-order valence-corrected chi connectivity index (χ0v) is 14.6. The SMILES string of the molecule is CCc1cc(CC)c2oc(C(=O)O)cc(=O)c2c1OCCC(C)C. The standard InChI is InChI=1S/C19H24O5/c1-5-12-9-13(6-2)18-16(17(12)23-8-7-11(3)4)14(20)10-15(24-18)19(21)22/h9-11H,5-8H2,1-4H3,(H,21,22). The number of carboxylic acid groups (broad SMARTS) is 1. The Labute approximate surface area is 141 Å². The number of benzene rings is 1. The van der Waals surface area contributed by atoms with Crippen molar-refractivity contribution in [1.82, 2.24) is 0 Å². The number of hydrogen-bond acceptors (Lipinski definition) is 4. The van der Waals surface area contributed by atoms with E-state index in [4.69, 9.17) is 14.3 Å². The van der Waals surface area contributed by atoms with Gasteiger partial charge >= 0.3 is 5.97 Å². The molecule has 2 aromatic rings. The van der Waals surface area contributed by atoms with E-state index in [1.54, 1.807) is 0 Å². The zero-order chi connectivity index (χ0) is 17.9. The molecule has 2 rings (SSSR count). The van der Waals surface area contributed by atoms with E-state index in [9.17, 15) is 9.59 Å². The summed E-state index contributed by atoms with van der Waals surface area (Å²) in [6, 6.07) is 2.97. The van der Waals surface area contributed by atoms with E-state index in [0.717, 1.165) is 30.0 Å². The van der Waals surface area contributed by atoms with Crippen LogP contribution in [0.2, 0.25) is 0 Å². The Morgan fingerprint density at radius 2 is 1.88 bits per heavy atom. The molecule has 0 aliphatic rings. The Balaban J connectivity index is 2.70. The summed E-state index contributed by atoms with van der Waals surface area (Å²) in [5.74, 6) is -0.584. The van der Waals surface area contributed by atoms with Crippen LogP contribution in [0.1, 0.15) is 55.8 Å². The summed E-state index contributed by atoms with van der Waals surface area (Å²) in [4.78, 5) is 23.7. The van der Waals surface area contributed by atoms with Crippen molar-refractivity contribution < 1.29 is 19.1 Å². The fourth-order valence-corrected chi connectivity index (χ4v) is 2.63. The lowest BCUT2D eigenvalue weighted by Crippen LogP contribution is -2.12. The lowest BCUT2D eigenvalue weighted by atomic mass is 10.0. The van der Waals surface area contributed by atoms with Gasteiger partial charge in [-0.1, -0.05) is 27.7 Å². The first-order chi connectivity index (χ1) is 11.4. The molecule has 1 aromatic carbocycles. The summed E-state index contributed by atoms with van der Waals surface area (Å²) in [6.07, 6.45) is 2.24. The number of fused-ring (bicyclic) bond motifs is 1. The van der Waals surface area contributed by atoms with E-state index in [2.05, 4.69) is 13.8 Å². The highest BCUT2D eigenvalue weighted by Gasteiger charge is 2.20. The van der Waals surface area contributed by atoms with Crippen molar-refractivity contribution in [2.24, 2.45) is 5.92 Å². The minimum absolute atomic E-state index is 0.319. The Morgan fingerprint density at radius 3 is 2.42 bits per heavy atom. The van der Waals surface area contributed by atoms with Crippen LogP contribution in [0.25, 0.3) is 11.0 Å².